The Bertz CT molecular complexity index is 870. The predicted molar refractivity (Wildman–Crippen MR) is 109 cm³/mol. The monoisotopic (exact) mass is 346 g/mol. The number of anilines is 2. The van der Waals surface area contributed by atoms with Crippen LogP contribution in [0.3, 0.4) is 0 Å². The molecule has 4 nitrogen and oxygen atoms in total. The molecule has 0 spiro atoms. The lowest BCUT2D eigenvalue weighted by Crippen LogP contribution is -2.07. The van der Waals surface area contributed by atoms with Crippen molar-refractivity contribution < 1.29 is 0 Å². The minimum atomic E-state index is 0.663. The SMILES string of the molecule is CNc1nc(NCc2ccccc2)nc2ccc(C3CCCCC3)cc12. The molecule has 1 aliphatic rings. The second kappa shape index (κ2) is 7.73. The molecule has 4 heteroatoms. The quantitative estimate of drug-likeness (QED) is 0.655. The summed E-state index contributed by atoms with van der Waals surface area (Å²) in [6.07, 6.45) is 6.68. The van der Waals surface area contributed by atoms with Gasteiger partial charge in [0.05, 0.1) is 5.52 Å². The van der Waals surface area contributed by atoms with Gasteiger partial charge in [-0.1, -0.05) is 55.7 Å². The Kier molecular flexibility index (Phi) is 5.00. The van der Waals surface area contributed by atoms with E-state index < -0.39 is 0 Å². The molecule has 26 heavy (non-hydrogen) atoms. The fourth-order valence-corrected chi connectivity index (χ4v) is 3.88. The van der Waals surface area contributed by atoms with Gasteiger partial charge >= 0.3 is 0 Å². The van der Waals surface area contributed by atoms with E-state index in [0.29, 0.717) is 11.9 Å². The maximum absolute atomic E-state index is 4.72. The van der Waals surface area contributed by atoms with Gasteiger partial charge in [0, 0.05) is 19.0 Å². The van der Waals surface area contributed by atoms with Gasteiger partial charge in [-0.05, 0) is 42.0 Å². The summed E-state index contributed by atoms with van der Waals surface area (Å²) in [4.78, 5) is 9.41. The van der Waals surface area contributed by atoms with Gasteiger partial charge in [-0.15, -0.1) is 0 Å². The van der Waals surface area contributed by atoms with Gasteiger partial charge in [0.2, 0.25) is 5.95 Å². The molecule has 1 fully saturated rings. The van der Waals surface area contributed by atoms with Crippen molar-refractivity contribution in [2.75, 3.05) is 17.7 Å². The van der Waals surface area contributed by atoms with Crippen LogP contribution in [-0.2, 0) is 6.54 Å². The first-order valence-electron chi connectivity index (χ1n) is 9.61. The Balaban J connectivity index is 1.60. The lowest BCUT2D eigenvalue weighted by Gasteiger charge is -2.22. The van der Waals surface area contributed by atoms with Gasteiger partial charge < -0.3 is 10.6 Å². The van der Waals surface area contributed by atoms with Gasteiger partial charge in [-0.3, -0.25) is 0 Å². The van der Waals surface area contributed by atoms with E-state index in [1.807, 2.05) is 25.2 Å². The Morgan fingerprint density at radius 1 is 0.962 bits per heavy atom. The van der Waals surface area contributed by atoms with E-state index in [2.05, 4.69) is 45.9 Å². The smallest absolute Gasteiger partial charge is 0.225 e. The van der Waals surface area contributed by atoms with Gasteiger partial charge in [-0.25, -0.2) is 4.98 Å². The third kappa shape index (κ3) is 3.64. The minimum absolute atomic E-state index is 0.663. The standard InChI is InChI=1S/C22H26N4/c1-23-21-19-14-18(17-10-6-3-7-11-17)12-13-20(19)25-22(26-21)24-15-16-8-4-2-5-9-16/h2,4-5,8-9,12-14,17H,3,6-7,10-11,15H2,1H3,(H2,23,24,25,26). The van der Waals surface area contributed by atoms with Crippen LogP contribution in [0.5, 0.6) is 0 Å². The van der Waals surface area contributed by atoms with Crippen LogP contribution in [0, 0.1) is 0 Å². The molecule has 1 heterocycles. The molecule has 1 aliphatic carbocycles. The van der Waals surface area contributed by atoms with Crippen LogP contribution in [0.15, 0.2) is 48.5 Å². The highest BCUT2D eigenvalue weighted by Crippen LogP contribution is 2.35. The topological polar surface area (TPSA) is 49.8 Å². The van der Waals surface area contributed by atoms with E-state index in [0.717, 1.165) is 23.3 Å². The van der Waals surface area contributed by atoms with Crippen molar-refractivity contribution in [3.8, 4) is 0 Å². The number of nitrogens with zero attached hydrogens (tertiary/aromatic N) is 2. The largest absolute Gasteiger partial charge is 0.372 e. The van der Waals surface area contributed by atoms with Crippen LogP contribution in [0.25, 0.3) is 10.9 Å². The number of aromatic nitrogens is 2. The third-order valence-electron chi connectivity index (χ3n) is 5.33. The summed E-state index contributed by atoms with van der Waals surface area (Å²) in [5.74, 6) is 2.24. The average Bonchev–Trinajstić information content (AvgIpc) is 2.72. The molecule has 0 atom stereocenters. The zero-order valence-electron chi connectivity index (χ0n) is 15.3. The Labute approximate surface area is 155 Å². The molecule has 0 saturated heterocycles. The highest BCUT2D eigenvalue weighted by atomic mass is 15.1. The maximum Gasteiger partial charge on any atom is 0.225 e. The lowest BCUT2D eigenvalue weighted by atomic mass is 9.84. The fraction of sp³-hybridized carbons (Fsp3) is 0.364. The number of benzene rings is 2. The molecular weight excluding hydrogens is 320 g/mol. The Hall–Kier alpha value is -2.62. The number of fused-ring (bicyclic) bond motifs is 1. The molecule has 2 N–H and O–H groups in total. The molecule has 134 valence electrons. The first-order valence-corrected chi connectivity index (χ1v) is 9.61. The van der Waals surface area contributed by atoms with Crippen LogP contribution < -0.4 is 10.6 Å². The zero-order valence-corrected chi connectivity index (χ0v) is 15.3. The highest BCUT2D eigenvalue weighted by molar-refractivity contribution is 5.90. The van der Waals surface area contributed by atoms with Crippen molar-refractivity contribution in [1.29, 1.82) is 0 Å². The van der Waals surface area contributed by atoms with Crippen molar-refractivity contribution in [3.63, 3.8) is 0 Å². The summed E-state index contributed by atoms with van der Waals surface area (Å²) >= 11 is 0. The van der Waals surface area contributed by atoms with Gasteiger partial charge in [0.25, 0.3) is 0 Å². The van der Waals surface area contributed by atoms with Crippen molar-refractivity contribution in [2.45, 2.75) is 44.6 Å². The van der Waals surface area contributed by atoms with Crippen molar-refractivity contribution in [2.24, 2.45) is 0 Å². The normalized spacial score (nSPS) is 15.1. The molecule has 0 aliphatic heterocycles. The van der Waals surface area contributed by atoms with Gasteiger partial charge in [0.1, 0.15) is 5.82 Å². The number of hydrogen-bond acceptors (Lipinski definition) is 4. The Morgan fingerprint density at radius 2 is 1.77 bits per heavy atom. The Morgan fingerprint density at radius 3 is 2.54 bits per heavy atom. The lowest BCUT2D eigenvalue weighted by molar-refractivity contribution is 0.444. The van der Waals surface area contributed by atoms with Crippen molar-refractivity contribution in [3.05, 3.63) is 59.7 Å². The summed E-state index contributed by atoms with van der Waals surface area (Å²) in [6.45, 7) is 0.718. The van der Waals surface area contributed by atoms with Crippen LogP contribution >= 0.6 is 0 Å². The van der Waals surface area contributed by atoms with Crippen molar-refractivity contribution in [1.82, 2.24) is 9.97 Å². The molecular formula is C22H26N4. The second-order valence-corrected chi connectivity index (χ2v) is 7.10. The molecule has 0 unspecified atom stereocenters. The summed E-state index contributed by atoms with van der Waals surface area (Å²) < 4.78 is 0. The van der Waals surface area contributed by atoms with Crippen molar-refractivity contribution >= 4 is 22.7 Å². The van der Waals surface area contributed by atoms with Crippen LogP contribution in [0.2, 0.25) is 0 Å². The van der Waals surface area contributed by atoms with E-state index in [1.54, 1.807) is 0 Å². The second-order valence-electron chi connectivity index (χ2n) is 7.10. The molecule has 4 rings (SSSR count). The number of rotatable bonds is 5. The molecule has 2 aromatic carbocycles. The summed E-state index contributed by atoms with van der Waals surface area (Å²) in [5.41, 5.74) is 3.64. The maximum atomic E-state index is 4.72. The fourth-order valence-electron chi connectivity index (χ4n) is 3.88. The predicted octanol–water partition coefficient (Wildman–Crippen LogP) is 5.33. The van der Waals surface area contributed by atoms with E-state index in [9.17, 15) is 0 Å². The summed E-state index contributed by atoms with van der Waals surface area (Å²) in [5, 5.41) is 7.70. The summed E-state index contributed by atoms with van der Waals surface area (Å²) in [6, 6.07) is 17.0. The van der Waals surface area contributed by atoms with Crippen LogP contribution in [0.4, 0.5) is 11.8 Å². The molecule has 3 aromatic rings. The first-order chi connectivity index (χ1) is 12.8. The van der Waals surface area contributed by atoms with E-state index in [-0.39, 0.29) is 0 Å². The van der Waals surface area contributed by atoms with Gasteiger partial charge in [-0.2, -0.15) is 4.98 Å². The third-order valence-corrected chi connectivity index (χ3v) is 5.33. The molecule has 0 radical (unpaired) electrons. The number of hydrogen-bond donors (Lipinski definition) is 2. The van der Waals surface area contributed by atoms with E-state index >= 15 is 0 Å². The summed E-state index contributed by atoms with van der Waals surface area (Å²) in [7, 11) is 1.93. The average molecular weight is 346 g/mol. The first kappa shape index (κ1) is 16.8. The van der Waals surface area contributed by atoms with E-state index in [4.69, 9.17) is 4.98 Å². The van der Waals surface area contributed by atoms with Crippen LogP contribution in [0.1, 0.15) is 49.1 Å². The molecule has 0 amide bonds. The molecule has 0 bridgehead atoms. The van der Waals surface area contributed by atoms with Gasteiger partial charge in [0.15, 0.2) is 0 Å². The highest BCUT2D eigenvalue weighted by Gasteiger charge is 2.17. The zero-order chi connectivity index (χ0) is 17.8. The van der Waals surface area contributed by atoms with E-state index in [1.165, 1.54) is 43.2 Å². The molecule has 1 saturated carbocycles. The molecule has 1 aromatic heterocycles. The minimum Gasteiger partial charge on any atom is -0.372 e. The van der Waals surface area contributed by atoms with Crippen LogP contribution in [-0.4, -0.2) is 17.0 Å². The number of nitrogens with one attached hydrogen (secondary N) is 2.